The Morgan fingerprint density at radius 2 is 1.85 bits per heavy atom. The standard InChI is InChI=1S/C22H20ClNO2/c23-17-9-3-8-16(14-17)21(24-13-5-12-20(24)22(25)26)19-11-4-7-15-6-1-2-10-18(15)19/h1-4,6-11,14,20-21H,5,12-13H2,(H,25,26). The van der Waals surface area contributed by atoms with Crippen LogP contribution < -0.4 is 0 Å². The molecule has 1 aliphatic rings. The second-order valence-corrected chi connectivity index (χ2v) is 7.20. The molecule has 1 fully saturated rings. The van der Waals surface area contributed by atoms with Gasteiger partial charge in [0.1, 0.15) is 6.04 Å². The van der Waals surface area contributed by atoms with E-state index in [1.54, 1.807) is 0 Å². The molecule has 132 valence electrons. The second-order valence-electron chi connectivity index (χ2n) is 6.76. The molecule has 1 N–H and O–H groups in total. The minimum Gasteiger partial charge on any atom is -0.480 e. The zero-order chi connectivity index (χ0) is 18.1. The fraction of sp³-hybridized carbons (Fsp3) is 0.227. The molecule has 0 amide bonds. The number of hydrogen-bond donors (Lipinski definition) is 1. The van der Waals surface area contributed by atoms with Crippen LogP contribution in [0.25, 0.3) is 10.8 Å². The summed E-state index contributed by atoms with van der Waals surface area (Å²) in [6, 6.07) is 21.6. The molecule has 1 aliphatic heterocycles. The van der Waals surface area contributed by atoms with Crippen LogP contribution in [-0.2, 0) is 4.79 Å². The van der Waals surface area contributed by atoms with Crippen molar-refractivity contribution in [3.05, 3.63) is 82.9 Å². The summed E-state index contributed by atoms with van der Waals surface area (Å²) in [7, 11) is 0. The number of fused-ring (bicyclic) bond motifs is 1. The molecule has 2 atom stereocenters. The molecule has 3 nitrogen and oxygen atoms in total. The predicted molar refractivity (Wildman–Crippen MR) is 105 cm³/mol. The molecule has 4 heteroatoms. The minimum atomic E-state index is -0.755. The average molecular weight is 366 g/mol. The largest absolute Gasteiger partial charge is 0.480 e. The van der Waals surface area contributed by atoms with E-state index in [0.717, 1.165) is 34.9 Å². The number of carboxylic acids is 1. The third-order valence-electron chi connectivity index (χ3n) is 5.19. The highest BCUT2D eigenvalue weighted by molar-refractivity contribution is 6.30. The van der Waals surface area contributed by atoms with Gasteiger partial charge in [0, 0.05) is 11.6 Å². The fourth-order valence-electron chi connectivity index (χ4n) is 4.08. The van der Waals surface area contributed by atoms with Gasteiger partial charge >= 0.3 is 5.97 Å². The summed E-state index contributed by atoms with van der Waals surface area (Å²) < 4.78 is 0. The summed E-state index contributed by atoms with van der Waals surface area (Å²) in [5.74, 6) is -0.755. The van der Waals surface area contributed by atoms with E-state index in [2.05, 4.69) is 29.2 Å². The van der Waals surface area contributed by atoms with Crippen molar-refractivity contribution in [3.63, 3.8) is 0 Å². The molecule has 1 saturated heterocycles. The third kappa shape index (κ3) is 3.09. The van der Waals surface area contributed by atoms with Crippen molar-refractivity contribution in [3.8, 4) is 0 Å². The summed E-state index contributed by atoms with van der Waals surface area (Å²) in [6.07, 6.45) is 1.57. The number of aliphatic carboxylic acids is 1. The zero-order valence-electron chi connectivity index (χ0n) is 14.3. The SMILES string of the molecule is O=C(O)C1CCCN1C(c1cccc(Cl)c1)c1cccc2ccccc12. The van der Waals surface area contributed by atoms with Crippen molar-refractivity contribution >= 4 is 28.3 Å². The minimum absolute atomic E-state index is 0.136. The Bertz CT molecular complexity index is 950. The highest BCUT2D eigenvalue weighted by Gasteiger charge is 2.37. The van der Waals surface area contributed by atoms with Crippen LogP contribution in [0.3, 0.4) is 0 Å². The Kier molecular flexibility index (Phi) is 4.66. The third-order valence-corrected chi connectivity index (χ3v) is 5.43. The van der Waals surface area contributed by atoms with Crippen LogP contribution in [0.2, 0.25) is 5.02 Å². The molecule has 2 unspecified atom stereocenters. The lowest BCUT2D eigenvalue weighted by Crippen LogP contribution is -2.39. The fourth-order valence-corrected chi connectivity index (χ4v) is 4.28. The molecule has 0 spiro atoms. The van der Waals surface area contributed by atoms with Crippen LogP contribution in [0, 0.1) is 0 Å². The molecule has 3 aromatic rings. The summed E-state index contributed by atoms with van der Waals surface area (Å²) in [5, 5.41) is 12.7. The van der Waals surface area contributed by atoms with E-state index in [1.807, 2.05) is 42.5 Å². The van der Waals surface area contributed by atoms with Gasteiger partial charge in [0.15, 0.2) is 0 Å². The summed E-state index contributed by atoms with van der Waals surface area (Å²) in [5.41, 5.74) is 2.15. The number of hydrogen-bond acceptors (Lipinski definition) is 2. The van der Waals surface area contributed by atoms with Gasteiger partial charge in [-0.05, 0) is 46.9 Å². The Morgan fingerprint density at radius 3 is 2.65 bits per heavy atom. The maximum Gasteiger partial charge on any atom is 0.320 e. The maximum absolute atomic E-state index is 11.8. The van der Waals surface area contributed by atoms with E-state index >= 15 is 0 Å². The van der Waals surface area contributed by atoms with E-state index in [4.69, 9.17) is 11.6 Å². The molecule has 0 bridgehead atoms. The maximum atomic E-state index is 11.8. The molecule has 0 aromatic heterocycles. The van der Waals surface area contributed by atoms with Crippen LogP contribution in [0.1, 0.15) is 30.0 Å². The van der Waals surface area contributed by atoms with Crippen LogP contribution >= 0.6 is 11.6 Å². The van der Waals surface area contributed by atoms with Gasteiger partial charge in [-0.2, -0.15) is 0 Å². The lowest BCUT2D eigenvalue weighted by Gasteiger charge is -2.33. The van der Waals surface area contributed by atoms with Crippen molar-refractivity contribution in [2.75, 3.05) is 6.54 Å². The Morgan fingerprint density at radius 1 is 1.08 bits per heavy atom. The normalized spacial score (nSPS) is 18.9. The van der Waals surface area contributed by atoms with Crippen LogP contribution in [-0.4, -0.2) is 28.6 Å². The Labute approximate surface area is 157 Å². The van der Waals surface area contributed by atoms with E-state index in [1.165, 1.54) is 0 Å². The number of halogens is 1. The molecular formula is C22H20ClNO2. The van der Waals surface area contributed by atoms with E-state index in [9.17, 15) is 9.90 Å². The molecule has 0 radical (unpaired) electrons. The van der Waals surface area contributed by atoms with Crippen LogP contribution in [0.15, 0.2) is 66.7 Å². The number of benzene rings is 3. The summed E-state index contributed by atoms with van der Waals surface area (Å²) >= 11 is 6.27. The first kappa shape index (κ1) is 17.1. The first-order chi connectivity index (χ1) is 12.6. The smallest absolute Gasteiger partial charge is 0.320 e. The van der Waals surface area contributed by atoms with Crippen molar-refractivity contribution in [1.82, 2.24) is 4.90 Å². The number of nitrogens with zero attached hydrogens (tertiary/aromatic N) is 1. The predicted octanol–water partition coefficient (Wildman–Crippen LogP) is 5.13. The van der Waals surface area contributed by atoms with Crippen molar-refractivity contribution in [2.24, 2.45) is 0 Å². The number of rotatable bonds is 4. The van der Waals surface area contributed by atoms with E-state index < -0.39 is 12.0 Å². The Balaban J connectivity index is 1.92. The van der Waals surface area contributed by atoms with Gasteiger partial charge in [0.25, 0.3) is 0 Å². The van der Waals surface area contributed by atoms with E-state index in [0.29, 0.717) is 11.4 Å². The quantitative estimate of drug-likeness (QED) is 0.696. The summed E-state index contributed by atoms with van der Waals surface area (Å²) in [4.78, 5) is 13.9. The van der Waals surface area contributed by atoms with Gasteiger partial charge in [0.05, 0.1) is 6.04 Å². The number of likely N-dealkylation sites (tertiary alicyclic amines) is 1. The van der Waals surface area contributed by atoms with Crippen LogP contribution in [0.4, 0.5) is 0 Å². The molecule has 0 aliphatic carbocycles. The molecule has 4 rings (SSSR count). The topological polar surface area (TPSA) is 40.5 Å². The van der Waals surface area contributed by atoms with Gasteiger partial charge in [0.2, 0.25) is 0 Å². The van der Waals surface area contributed by atoms with Gasteiger partial charge in [-0.1, -0.05) is 66.2 Å². The molecule has 1 heterocycles. The Hall–Kier alpha value is -2.36. The van der Waals surface area contributed by atoms with Crippen molar-refractivity contribution in [1.29, 1.82) is 0 Å². The first-order valence-corrected chi connectivity index (χ1v) is 9.24. The lowest BCUT2D eigenvalue weighted by atomic mass is 9.92. The number of carboxylic acid groups (broad SMARTS) is 1. The first-order valence-electron chi connectivity index (χ1n) is 8.87. The van der Waals surface area contributed by atoms with Crippen molar-refractivity contribution in [2.45, 2.75) is 24.9 Å². The molecule has 0 saturated carbocycles. The molecule has 26 heavy (non-hydrogen) atoms. The van der Waals surface area contributed by atoms with Gasteiger partial charge in [-0.25, -0.2) is 0 Å². The number of carbonyl (C=O) groups is 1. The van der Waals surface area contributed by atoms with Gasteiger partial charge in [-0.15, -0.1) is 0 Å². The molecule has 3 aromatic carbocycles. The van der Waals surface area contributed by atoms with E-state index in [-0.39, 0.29) is 6.04 Å². The zero-order valence-corrected chi connectivity index (χ0v) is 15.1. The molecular weight excluding hydrogens is 346 g/mol. The summed E-state index contributed by atoms with van der Waals surface area (Å²) in [6.45, 7) is 0.761. The lowest BCUT2D eigenvalue weighted by molar-refractivity contribution is -0.142. The highest BCUT2D eigenvalue weighted by Crippen LogP contribution is 2.38. The van der Waals surface area contributed by atoms with Gasteiger partial charge < -0.3 is 5.11 Å². The average Bonchev–Trinajstić information content (AvgIpc) is 3.12. The van der Waals surface area contributed by atoms with Crippen molar-refractivity contribution < 1.29 is 9.90 Å². The second kappa shape index (κ2) is 7.10. The monoisotopic (exact) mass is 365 g/mol. The van der Waals surface area contributed by atoms with Gasteiger partial charge in [-0.3, -0.25) is 9.69 Å². The van der Waals surface area contributed by atoms with Crippen LogP contribution in [0.5, 0.6) is 0 Å². The highest BCUT2D eigenvalue weighted by atomic mass is 35.5.